The minimum Gasteiger partial charge on any atom is -0.314 e. The van der Waals surface area contributed by atoms with Crippen LogP contribution in [0.1, 0.15) is 44.1 Å². The van der Waals surface area contributed by atoms with Crippen LogP contribution >= 0.6 is 15.9 Å². The van der Waals surface area contributed by atoms with Crippen LogP contribution in [0.2, 0.25) is 0 Å². The molecule has 1 saturated carbocycles. The molecule has 0 spiro atoms. The molecule has 0 radical (unpaired) electrons. The summed E-state index contributed by atoms with van der Waals surface area (Å²) in [6, 6.07) is 3.29. The standard InChI is InChI=1S/C15H20BrF2N/c16-13-10-14(17)11(9-15(13)18)5-3-1-2-4-8-19-12-6-7-12/h9-10,12,19H,1-8H2. The molecule has 19 heavy (non-hydrogen) atoms. The second-order valence-corrected chi connectivity index (χ2v) is 6.10. The van der Waals surface area contributed by atoms with Gasteiger partial charge < -0.3 is 5.32 Å². The zero-order chi connectivity index (χ0) is 13.7. The normalized spacial score (nSPS) is 14.9. The maximum atomic E-state index is 13.5. The molecule has 0 aliphatic heterocycles. The molecule has 0 saturated heterocycles. The Labute approximate surface area is 121 Å². The number of benzene rings is 1. The van der Waals surface area contributed by atoms with Gasteiger partial charge >= 0.3 is 0 Å². The fourth-order valence-corrected chi connectivity index (χ4v) is 2.46. The van der Waals surface area contributed by atoms with E-state index in [1.807, 2.05) is 0 Å². The van der Waals surface area contributed by atoms with Crippen LogP contribution in [-0.4, -0.2) is 12.6 Å². The van der Waals surface area contributed by atoms with Crippen molar-refractivity contribution in [3.05, 3.63) is 33.8 Å². The van der Waals surface area contributed by atoms with Crippen LogP contribution in [0.5, 0.6) is 0 Å². The molecule has 1 fully saturated rings. The highest BCUT2D eigenvalue weighted by molar-refractivity contribution is 9.10. The van der Waals surface area contributed by atoms with E-state index in [1.54, 1.807) is 0 Å². The second kappa shape index (κ2) is 7.34. The van der Waals surface area contributed by atoms with Crippen LogP contribution < -0.4 is 5.32 Å². The molecule has 106 valence electrons. The highest BCUT2D eigenvalue weighted by atomic mass is 79.9. The Hall–Kier alpha value is -0.480. The van der Waals surface area contributed by atoms with Crippen LogP contribution in [0.3, 0.4) is 0 Å². The number of aryl methyl sites for hydroxylation is 1. The molecule has 0 aromatic heterocycles. The molecule has 2 rings (SSSR count). The summed E-state index contributed by atoms with van der Waals surface area (Å²) >= 11 is 2.99. The van der Waals surface area contributed by atoms with Crippen molar-refractivity contribution >= 4 is 15.9 Å². The highest BCUT2D eigenvalue weighted by Crippen LogP contribution is 2.21. The molecule has 1 nitrogen and oxygen atoms in total. The summed E-state index contributed by atoms with van der Waals surface area (Å²) in [7, 11) is 0. The van der Waals surface area contributed by atoms with Gasteiger partial charge in [-0.1, -0.05) is 12.8 Å². The highest BCUT2D eigenvalue weighted by Gasteiger charge is 2.19. The van der Waals surface area contributed by atoms with E-state index < -0.39 is 0 Å². The van der Waals surface area contributed by atoms with E-state index in [-0.39, 0.29) is 16.1 Å². The Morgan fingerprint density at radius 2 is 1.79 bits per heavy atom. The SMILES string of the molecule is Fc1cc(CCCCCCNC2CC2)c(F)cc1Br. The smallest absolute Gasteiger partial charge is 0.137 e. The minimum absolute atomic E-state index is 0.194. The maximum Gasteiger partial charge on any atom is 0.137 e. The second-order valence-electron chi connectivity index (χ2n) is 5.25. The largest absolute Gasteiger partial charge is 0.314 e. The Balaban J connectivity index is 1.60. The number of nitrogens with one attached hydrogen (secondary N) is 1. The molecule has 1 aromatic rings. The first kappa shape index (κ1) is 14.9. The summed E-state index contributed by atoms with van der Waals surface area (Å²) in [6.45, 7) is 1.09. The van der Waals surface area contributed by atoms with E-state index in [0.29, 0.717) is 12.0 Å². The molecule has 0 amide bonds. The van der Waals surface area contributed by atoms with Crippen LogP contribution in [-0.2, 0) is 6.42 Å². The van der Waals surface area contributed by atoms with E-state index in [1.165, 1.54) is 31.4 Å². The minimum atomic E-state index is -0.384. The van der Waals surface area contributed by atoms with Crippen LogP contribution in [0.15, 0.2) is 16.6 Å². The van der Waals surface area contributed by atoms with Crippen molar-refractivity contribution < 1.29 is 8.78 Å². The van der Waals surface area contributed by atoms with Gasteiger partial charge in [0.2, 0.25) is 0 Å². The lowest BCUT2D eigenvalue weighted by Gasteiger charge is -2.06. The third-order valence-electron chi connectivity index (χ3n) is 3.47. The fraction of sp³-hybridized carbons (Fsp3) is 0.600. The monoisotopic (exact) mass is 331 g/mol. The predicted molar refractivity (Wildman–Crippen MR) is 77.3 cm³/mol. The van der Waals surface area contributed by atoms with Gasteiger partial charge in [0.15, 0.2) is 0 Å². The number of rotatable bonds is 8. The van der Waals surface area contributed by atoms with Crippen molar-refractivity contribution in [3.8, 4) is 0 Å². The first-order chi connectivity index (χ1) is 9.16. The van der Waals surface area contributed by atoms with E-state index in [2.05, 4.69) is 21.2 Å². The van der Waals surface area contributed by atoms with Gasteiger partial charge in [-0.3, -0.25) is 0 Å². The summed E-state index contributed by atoms with van der Waals surface area (Å²) in [4.78, 5) is 0. The van der Waals surface area contributed by atoms with Crippen LogP contribution in [0.25, 0.3) is 0 Å². The van der Waals surface area contributed by atoms with Gasteiger partial charge in [0.1, 0.15) is 11.6 Å². The molecule has 4 heteroatoms. The Morgan fingerprint density at radius 3 is 2.53 bits per heavy atom. The van der Waals surface area contributed by atoms with E-state index in [9.17, 15) is 8.78 Å². The Morgan fingerprint density at radius 1 is 1.05 bits per heavy atom. The van der Waals surface area contributed by atoms with Gasteiger partial charge in [-0.25, -0.2) is 8.78 Å². The van der Waals surface area contributed by atoms with E-state index in [0.717, 1.165) is 31.8 Å². The third-order valence-corrected chi connectivity index (χ3v) is 4.08. The van der Waals surface area contributed by atoms with E-state index in [4.69, 9.17) is 0 Å². The van der Waals surface area contributed by atoms with Crippen molar-refractivity contribution in [2.75, 3.05) is 6.54 Å². The van der Waals surface area contributed by atoms with Gasteiger partial charge in [-0.15, -0.1) is 0 Å². The zero-order valence-corrected chi connectivity index (χ0v) is 12.6. The Bertz CT molecular complexity index is 419. The van der Waals surface area contributed by atoms with Crippen molar-refractivity contribution in [3.63, 3.8) is 0 Å². The number of hydrogen-bond acceptors (Lipinski definition) is 1. The molecule has 0 unspecified atom stereocenters. The van der Waals surface area contributed by atoms with Gasteiger partial charge in [0.25, 0.3) is 0 Å². The molecule has 1 aliphatic rings. The van der Waals surface area contributed by atoms with Crippen LogP contribution in [0, 0.1) is 11.6 Å². The fourth-order valence-electron chi connectivity index (χ4n) is 2.14. The lowest BCUT2D eigenvalue weighted by molar-refractivity contribution is 0.560. The first-order valence-corrected chi connectivity index (χ1v) is 7.83. The molecule has 0 bridgehead atoms. The van der Waals surface area contributed by atoms with Gasteiger partial charge in [-0.05, 0) is 72.3 Å². The van der Waals surface area contributed by atoms with Gasteiger partial charge in [0, 0.05) is 6.04 Å². The topological polar surface area (TPSA) is 12.0 Å². The van der Waals surface area contributed by atoms with Crippen molar-refractivity contribution in [2.45, 2.75) is 51.0 Å². The van der Waals surface area contributed by atoms with Crippen molar-refractivity contribution in [2.24, 2.45) is 0 Å². The summed E-state index contributed by atoms with van der Waals surface area (Å²) in [5, 5.41) is 3.47. The molecular formula is C15H20BrF2N. The maximum absolute atomic E-state index is 13.5. The van der Waals surface area contributed by atoms with Crippen LogP contribution in [0.4, 0.5) is 8.78 Å². The zero-order valence-electron chi connectivity index (χ0n) is 11.0. The predicted octanol–water partition coefficient (Wildman–Crippen LogP) is 4.58. The molecule has 0 atom stereocenters. The molecule has 1 aromatic carbocycles. The Kier molecular flexibility index (Phi) is 5.76. The van der Waals surface area contributed by atoms with Gasteiger partial charge in [0.05, 0.1) is 4.47 Å². The van der Waals surface area contributed by atoms with Crippen molar-refractivity contribution in [1.82, 2.24) is 5.32 Å². The quantitative estimate of drug-likeness (QED) is 0.543. The molecule has 1 N–H and O–H groups in total. The lowest BCUT2D eigenvalue weighted by Crippen LogP contribution is -2.17. The first-order valence-electron chi connectivity index (χ1n) is 7.03. The van der Waals surface area contributed by atoms with E-state index >= 15 is 0 Å². The average molecular weight is 332 g/mol. The molecule has 0 heterocycles. The number of hydrogen-bond donors (Lipinski definition) is 1. The summed E-state index contributed by atoms with van der Waals surface area (Å²) in [6.07, 6.45) is 7.59. The number of unbranched alkanes of at least 4 members (excludes halogenated alkanes) is 3. The van der Waals surface area contributed by atoms with Gasteiger partial charge in [-0.2, -0.15) is 0 Å². The molecular weight excluding hydrogens is 312 g/mol. The van der Waals surface area contributed by atoms with Crippen molar-refractivity contribution in [1.29, 1.82) is 0 Å². The summed E-state index contributed by atoms with van der Waals surface area (Å²) in [5.74, 6) is -0.700. The lowest BCUT2D eigenvalue weighted by atomic mass is 10.1. The summed E-state index contributed by atoms with van der Waals surface area (Å²) < 4.78 is 27.0. The third kappa shape index (κ3) is 5.19. The summed E-state index contributed by atoms with van der Waals surface area (Å²) in [5.41, 5.74) is 0.483. The average Bonchev–Trinajstić information content (AvgIpc) is 3.18. The number of halogens is 3. The molecule has 1 aliphatic carbocycles.